The monoisotopic (exact) mass is 408 g/mol. The van der Waals surface area contributed by atoms with Crippen molar-refractivity contribution in [3.8, 4) is 40.0 Å². The van der Waals surface area contributed by atoms with Crippen molar-refractivity contribution in [1.29, 1.82) is 0 Å². The number of nitrogens with zero attached hydrogens (tertiary/aromatic N) is 2. The number of ether oxygens (including phenoxy) is 1. The van der Waals surface area contributed by atoms with Crippen molar-refractivity contribution in [3.05, 3.63) is 78.9 Å². The second kappa shape index (κ2) is 7.61. The molecule has 4 aromatic carbocycles. The molecule has 5 rings (SSSR count). The highest BCUT2D eigenvalue weighted by Gasteiger charge is 2.18. The second-order valence-corrected chi connectivity index (χ2v) is 7.21. The summed E-state index contributed by atoms with van der Waals surface area (Å²) in [5.41, 5.74) is 1.78. The number of rotatable bonds is 4. The van der Waals surface area contributed by atoms with Crippen LogP contribution in [0.15, 0.2) is 78.9 Å². The Morgan fingerprint density at radius 2 is 1.32 bits per heavy atom. The van der Waals surface area contributed by atoms with Gasteiger partial charge in [-0.2, -0.15) is 4.98 Å². The Hall–Kier alpha value is -4.12. The standard InChI is InChI=1S/C26H20N2O3/c1-2-31-23-15-20(27-26(28-23)25-21(29)12-7-13-22(25)30)24-18-10-5-3-8-16(18)14-17-9-4-6-11-19(17)24/h3-15,29-30H,2H2,1H3. The van der Waals surface area contributed by atoms with E-state index in [9.17, 15) is 10.2 Å². The third kappa shape index (κ3) is 3.30. The number of hydrogen-bond acceptors (Lipinski definition) is 5. The first-order chi connectivity index (χ1) is 15.2. The van der Waals surface area contributed by atoms with E-state index in [0.717, 1.165) is 27.1 Å². The topological polar surface area (TPSA) is 75.5 Å². The Labute approximate surface area is 179 Å². The van der Waals surface area contributed by atoms with Gasteiger partial charge in [0, 0.05) is 11.6 Å². The molecule has 0 aliphatic carbocycles. The van der Waals surface area contributed by atoms with Gasteiger partial charge in [0.05, 0.1) is 12.3 Å². The quantitative estimate of drug-likeness (QED) is 0.361. The molecule has 0 saturated carbocycles. The van der Waals surface area contributed by atoms with Gasteiger partial charge in [-0.3, -0.25) is 0 Å². The van der Waals surface area contributed by atoms with Crippen LogP contribution in [0.5, 0.6) is 17.4 Å². The molecule has 0 fully saturated rings. The van der Waals surface area contributed by atoms with Gasteiger partial charge in [0.25, 0.3) is 0 Å². The molecule has 2 N–H and O–H groups in total. The number of phenols is 2. The third-order valence-electron chi connectivity index (χ3n) is 5.27. The van der Waals surface area contributed by atoms with Gasteiger partial charge in [-0.25, -0.2) is 4.98 Å². The fraction of sp³-hybridized carbons (Fsp3) is 0.0769. The van der Waals surface area contributed by atoms with E-state index in [1.54, 1.807) is 12.1 Å². The molecule has 1 heterocycles. The van der Waals surface area contributed by atoms with Crippen molar-refractivity contribution >= 4 is 21.5 Å². The lowest BCUT2D eigenvalue weighted by molar-refractivity contribution is 0.327. The number of aromatic nitrogens is 2. The van der Waals surface area contributed by atoms with Crippen LogP contribution in [0.4, 0.5) is 0 Å². The maximum absolute atomic E-state index is 10.4. The summed E-state index contributed by atoms with van der Waals surface area (Å²) in [5.74, 6) is 0.389. The minimum Gasteiger partial charge on any atom is -0.507 e. The maximum Gasteiger partial charge on any atom is 0.217 e. The summed E-state index contributed by atoms with van der Waals surface area (Å²) in [7, 11) is 0. The lowest BCUT2D eigenvalue weighted by Gasteiger charge is -2.14. The van der Waals surface area contributed by atoms with E-state index in [1.165, 1.54) is 12.1 Å². The van der Waals surface area contributed by atoms with Crippen LogP contribution in [0.25, 0.3) is 44.2 Å². The zero-order chi connectivity index (χ0) is 21.4. The number of hydrogen-bond donors (Lipinski definition) is 2. The summed E-state index contributed by atoms with van der Waals surface area (Å²) >= 11 is 0. The molecule has 0 atom stereocenters. The molecule has 0 radical (unpaired) electrons. The first-order valence-corrected chi connectivity index (χ1v) is 10.1. The van der Waals surface area contributed by atoms with Crippen molar-refractivity contribution in [3.63, 3.8) is 0 Å². The van der Waals surface area contributed by atoms with Gasteiger partial charge in [0.15, 0.2) is 5.82 Å². The van der Waals surface area contributed by atoms with Crippen LogP contribution in [0.2, 0.25) is 0 Å². The van der Waals surface area contributed by atoms with Crippen LogP contribution in [0.3, 0.4) is 0 Å². The second-order valence-electron chi connectivity index (χ2n) is 7.21. The molecule has 0 spiro atoms. The van der Waals surface area contributed by atoms with Crippen molar-refractivity contribution in [2.75, 3.05) is 6.61 Å². The van der Waals surface area contributed by atoms with E-state index >= 15 is 0 Å². The Balaban J connectivity index is 1.87. The van der Waals surface area contributed by atoms with Gasteiger partial charge in [-0.05, 0) is 46.7 Å². The predicted octanol–water partition coefficient (Wildman–Crippen LogP) is 5.93. The first-order valence-electron chi connectivity index (χ1n) is 10.1. The zero-order valence-corrected chi connectivity index (χ0v) is 16.9. The number of aromatic hydroxyl groups is 2. The molecule has 5 nitrogen and oxygen atoms in total. The van der Waals surface area contributed by atoms with Crippen molar-refractivity contribution in [2.45, 2.75) is 6.92 Å². The van der Waals surface area contributed by atoms with Gasteiger partial charge in [-0.1, -0.05) is 54.6 Å². The van der Waals surface area contributed by atoms with Gasteiger partial charge in [0.2, 0.25) is 5.88 Å². The number of phenolic OH excluding ortho intramolecular Hbond substituents is 2. The highest BCUT2D eigenvalue weighted by Crippen LogP contribution is 2.40. The van der Waals surface area contributed by atoms with Crippen LogP contribution in [0, 0.1) is 0 Å². The summed E-state index contributed by atoms with van der Waals surface area (Å²) in [4.78, 5) is 9.21. The molecule has 0 saturated heterocycles. The van der Waals surface area contributed by atoms with E-state index in [0.29, 0.717) is 18.2 Å². The van der Waals surface area contributed by atoms with Crippen molar-refractivity contribution in [1.82, 2.24) is 9.97 Å². The lowest BCUT2D eigenvalue weighted by atomic mass is 9.94. The molecule has 5 heteroatoms. The van der Waals surface area contributed by atoms with Crippen LogP contribution >= 0.6 is 0 Å². The average Bonchev–Trinajstić information content (AvgIpc) is 2.77. The van der Waals surface area contributed by atoms with E-state index in [2.05, 4.69) is 35.3 Å². The van der Waals surface area contributed by atoms with Crippen LogP contribution in [-0.4, -0.2) is 26.8 Å². The minimum atomic E-state index is -0.0950. The molecule has 31 heavy (non-hydrogen) atoms. The van der Waals surface area contributed by atoms with Gasteiger partial charge in [-0.15, -0.1) is 0 Å². The molecule has 0 bridgehead atoms. The highest BCUT2D eigenvalue weighted by atomic mass is 16.5. The largest absolute Gasteiger partial charge is 0.507 e. The molecule has 0 aliphatic heterocycles. The van der Waals surface area contributed by atoms with Crippen LogP contribution < -0.4 is 4.74 Å². The van der Waals surface area contributed by atoms with Gasteiger partial charge in [0.1, 0.15) is 17.1 Å². The van der Waals surface area contributed by atoms with E-state index in [-0.39, 0.29) is 22.9 Å². The average molecular weight is 408 g/mol. The van der Waals surface area contributed by atoms with E-state index in [1.807, 2.05) is 31.2 Å². The molecule has 0 aliphatic rings. The first kappa shape index (κ1) is 18.9. The Kier molecular flexibility index (Phi) is 4.64. The molecule has 0 amide bonds. The highest BCUT2D eigenvalue weighted by molar-refractivity contribution is 6.12. The molecule has 5 aromatic rings. The van der Waals surface area contributed by atoms with Crippen molar-refractivity contribution in [2.24, 2.45) is 0 Å². The summed E-state index contributed by atoms with van der Waals surface area (Å²) in [5, 5.41) is 25.1. The van der Waals surface area contributed by atoms with Gasteiger partial charge < -0.3 is 14.9 Å². The zero-order valence-electron chi connectivity index (χ0n) is 16.9. The summed E-state index contributed by atoms with van der Waals surface area (Å²) in [6.07, 6.45) is 0. The molecule has 152 valence electrons. The fourth-order valence-electron chi connectivity index (χ4n) is 3.93. The molecule has 1 aromatic heterocycles. The minimum absolute atomic E-state index is 0.0950. The summed E-state index contributed by atoms with van der Waals surface area (Å²) < 4.78 is 5.72. The fourth-order valence-corrected chi connectivity index (χ4v) is 3.93. The maximum atomic E-state index is 10.4. The summed E-state index contributed by atoms with van der Waals surface area (Å²) in [6.45, 7) is 2.31. The van der Waals surface area contributed by atoms with Crippen LogP contribution in [-0.2, 0) is 0 Å². The molecular formula is C26H20N2O3. The van der Waals surface area contributed by atoms with E-state index < -0.39 is 0 Å². The smallest absolute Gasteiger partial charge is 0.217 e. The van der Waals surface area contributed by atoms with Gasteiger partial charge >= 0.3 is 0 Å². The summed E-state index contributed by atoms with van der Waals surface area (Å²) in [6, 6.07) is 24.8. The Morgan fingerprint density at radius 3 is 1.94 bits per heavy atom. The number of fused-ring (bicyclic) bond motifs is 2. The third-order valence-corrected chi connectivity index (χ3v) is 5.27. The van der Waals surface area contributed by atoms with Crippen LogP contribution in [0.1, 0.15) is 6.92 Å². The SMILES string of the molecule is CCOc1cc(-c2c3ccccc3cc3ccccc23)nc(-c2c(O)cccc2O)n1. The predicted molar refractivity (Wildman–Crippen MR) is 122 cm³/mol. The molecular weight excluding hydrogens is 388 g/mol. The Bertz CT molecular complexity index is 1360. The lowest BCUT2D eigenvalue weighted by Crippen LogP contribution is -2.00. The van der Waals surface area contributed by atoms with E-state index in [4.69, 9.17) is 9.72 Å². The Morgan fingerprint density at radius 1 is 0.710 bits per heavy atom. The molecule has 0 unspecified atom stereocenters. The van der Waals surface area contributed by atoms with Crippen molar-refractivity contribution < 1.29 is 14.9 Å². The normalized spacial score (nSPS) is 11.1. The number of benzene rings is 4.